The lowest BCUT2D eigenvalue weighted by Gasteiger charge is -2.24. The summed E-state index contributed by atoms with van der Waals surface area (Å²) in [6.45, 7) is 3.68. The Kier molecular flexibility index (Phi) is 4.69. The van der Waals surface area contributed by atoms with Gasteiger partial charge in [0.25, 0.3) is 0 Å². The minimum Gasteiger partial charge on any atom is -0.486 e. The third-order valence-corrected chi connectivity index (χ3v) is 4.15. The molecule has 1 saturated heterocycles. The van der Waals surface area contributed by atoms with E-state index < -0.39 is 0 Å². The summed E-state index contributed by atoms with van der Waals surface area (Å²) < 4.78 is 11.0. The highest BCUT2D eigenvalue weighted by Gasteiger charge is 2.33. The third-order valence-electron chi connectivity index (χ3n) is 4.15. The second kappa shape index (κ2) is 6.89. The van der Waals surface area contributed by atoms with Crippen LogP contribution in [0.3, 0.4) is 0 Å². The summed E-state index contributed by atoms with van der Waals surface area (Å²) in [5.74, 6) is 1.25. The summed E-state index contributed by atoms with van der Waals surface area (Å²) in [4.78, 5) is 26.3. The van der Waals surface area contributed by atoms with Crippen LogP contribution in [0.5, 0.6) is 11.5 Å². The number of carbonyl (C=O) groups is 2. The van der Waals surface area contributed by atoms with Gasteiger partial charge in [-0.25, -0.2) is 0 Å². The molecule has 1 fully saturated rings. The summed E-state index contributed by atoms with van der Waals surface area (Å²) in [5, 5.41) is 2.89. The molecule has 3 rings (SSSR count). The Bertz CT molecular complexity index is 602. The molecular formula is C17H22N2O4. The van der Waals surface area contributed by atoms with Crippen molar-refractivity contribution >= 4 is 17.5 Å². The van der Waals surface area contributed by atoms with Crippen LogP contribution in [-0.4, -0.2) is 42.5 Å². The van der Waals surface area contributed by atoms with Gasteiger partial charge in [0.1, 0.15) is 19.3 Å². The molecule has 0 bridgehead atoms. The Hall–Kier alpha value is -2.24. The monoisotopic (exact) mass is 318 g/mol. The first-order valence-electron chi connectivity index (χ1n) is 8.19. The van der Waals surface area contributed by atoms with Crippen LogP contribution in [0.2, 0.25) is 0 Å². The van der Waals surface area contributed by atoms with Crippen LogP contribution in [-0.2, 0) is 9.59 Å². The van der Waals surface area contributed by atoms with E-state index in [1.165, 1.54) is 0 Å². The largest absolute Gasteiger partial charge is 0.486 e. The van der Waals surface area contributed by atoms with Gasteiger partial charge in [-0.3, -0.25) is 9.59 Å². The van der Waals surface area contributed by atoms with Crippen molar-refractivity contribution in [2.75, 3.05) is 25.1 Å². The van der Waals surface area contributed by atoms with Crippen LogP contribution in [0.4, 0.5) is 5.69 Å². The normalized spacial score (nSPS) is 19.5. The fraction of sp³-hybridized carbons (Fsp3) is 0.529. The molecule has 2 aliphatic heterocycles. The quantitative estimate of drug-likeness (QED) is 0.924. The fourth-order valence-electron chi connectivity index (χ4n) is 3.04. The SMILES string of the molecule is CCCC(=O)N1CCC[C@@H]1C(=O)Nc1ccc2c(c1)OCCO2. The first-order valence-corrected chi connectivity index (χ1v) is 8.19. The van der Waals surface area contributed by atoms with Crippen LogP contribution in [0.25, 0.3) is 0 Å². The van der Waals surface area contributed by atoms with Gasteiger partial charge in [0.2, 0.25) is 11.8 Å². The number of benzene rings is 1. The van der Waals surface area contributed by atoms with E-state index in [0.717, 1.165) is 12.8 Å². The van der Waals surface area contributed by atoms with Crippen LogP contribution in [0, 0.1) is 0 Å². The maximum absolute atomic E-state index is 12.5. The zero-order valence-electron chi connectivity index (χ0n) is 13.3. The molecule has 2 heterocycles. The maximum Gasteiger partial charge on any atom is 0.247 e. The van der Waals surface area contributed by atoms with E-state index in [-0.39, 0.29) is 17.9 Å². The highest BCUT2D eigenvalue weighted by molar-refractivity contribution is 5.97. The molecule has 6 nitrogen and oxygen atoms in total. The lowest BCUT2D eigenvalue weighted by atomic mass is 10.2. The third kappa shape index (κ3) is 3.41. The van der Waals surface area contributed by atoms with Gasteiger partial charge in [0, 0.05) is 24.7 Å². The van der Waals surface area contributed by atoms with E-state index in [4.69, 9.17) is 9.47 Å². The van der Waals surface area contributed by atoms with Crippen LogP contribution >= 0.6 is 0 Å². The number of anilines is 1. The Morgan fingerprint density at radius 1 is 1.26 bits per heavy atom. The van der Waals surface area contributed by atoms with E-state index in [0.29, 0.717) is 49.8 Å². The fourth-order valence-corrected chi connectivity index (χ4v) is 3.04. The summed E-state index contributed by atoms with van der Waals surface area (Å²) >= 11 is 0. The molecule has 0 unspecified atom stereocenters. The molecule has 0 spiro atoms. The summed E-state index contributed by atoms with van der Waals surface area (Å²) in [6.07, 6.45) is 2.88. The lowest BCUT2D eigenvalue weighted by Crippen LogP contribution is -2.43. The molecule has 1 N–H and O–H groups in total. The Morgan fingerprint density at radius 2 is 2.04 bits per heavy atom. The van der Waals surface area contributed by atoms with Crippen molar-refractivity contribution in [2.45, 2.75) is 38.6 Å². The van der Waals surface area contributed by atoms with Crippen LogP contribution < -0.4 is 14.8 Å². The van der Waals surface area contributed by atoms with E-state index in [1.807, 2.05) is 6.92 Å². The number of ether oxygens (including phenoxy) is 2. The van der Waals surface area contributed by atoms with E-state index in [1.54, 1.807) is 23.1 Å². The van der Waals surface area contributed by atoms with Crippen molar-refractivity contribution in [1.82, 2.24) is 4.90 Å². The minimum atomic E-state index is -0.373. The molecule has 0 aromatic heterocycles. The Labute approximate surface area is 135 Å². The van der Waals surface area contributed by atoms with E-state index in [2.05, 4.69) is 5.32 Å². The number of hydrogen-bond donors (Lipinski definition) is 1. The number of nitrogens with one attached hydrogen (secondary N) is 1. The number of likely N-dealkylation sites (tertiary alicyclic amines) is 1. The molecule has 2 aliphatic rings. The zero-order chi connectivity index (χ0) is 16.2. The van der Waals surface area contributed by atoms with Gasteiger partial charge >= 0.3 is 0 Å². The average molecular weight is 318 g/mol. The Morgan fingerprint density at radius 3 is 2.83 bits per heavy atom. The zero-order valence-corrected chi connectivity index (χ0v) is 13.3. The van der Waals surface area contributed by atoms with Crippen molar-refractivity contribution in [3.05, 3.63) is 18.2 Å². The highest BCUT2D eigenvalue weighted by Crippen LogP contribution is 2.33. The predicted molar refractivity (Wildman–Crippen MR) is 85.7 cm³/mol. The molecule has 0 aliphatic carbocycles. The van der Waals surface area contributed by atoms with Gasteiger partial charge in [-0.1, -0.05) is 6.92 Å². The van der Waals surface area contributed by atoms with Gasteiger partial charge in [-0.15, -0.1) is 0 Å². The van der Waals surface area contributed by atoms with E-state index in [9.17, 15) is 9.59 Å². The highest BCUT2D eigenvalue weighted by atomic mass is 16.6. The minimum absolute atomic E-state index is 0.0623. The molecule has 6 heteroatoms. The van der Waals surface area contributed by atoms with E-state index >= 15 is 0 Å². The van der Waals surface area contributed by atoms with Crippen molar-refractivity contribution in [3.8, 4) is 11.5 Å². The van der Waals surface area contributed by atoms with Gasteiger partial charge in [-0.05, 0) is 31.4 Å². The molecule has 1 aromatic rings. The first kappa shape index (κ1) is 15.6. The second-order valence-electron chi connectivity index (χ2n) is 5.84. The Balaban J connectivity index is 1.67. The molecule has 124 valence electrons. The number of amides is 2. The summed E-state index contributed by atoms with van der Waals surface area (Å²) in [7, 11) is 0. The number of nitrogens with zero attached hydrogens (tertiary/aromatic N) is 1. The summed E-state index contributed by atoms with van der Waals surface area (Å²) in [6, 6.07) is 4.97. The molecule has 1 aromatic carbocycles. The molecular weight excluding hydrogens is 296 g/mol. The van der Waals surface area contributed by atoms with Crippen molar-refractivity contribution in [3.63, 3.8) is 0 Å². The van der Waals surface area contributed by atoms with Gasteiger partial charge in [-0.2, -0.15) is 0 Å². The number of hydrogen-bond acceptors (Lipinski definition) is 4. The molecule has 1 atom stereocenters. The molecule has 0 radical (unpaired) electrons. The predicted octanol–water partition coefficient (Wildman–Crippen LogP) is 2.19. The molecule has 23 heavy (non-hydrogen) atoms. The number of fused-ring (bicyclic) bond motifs is 1. The smallest absolute Gasteiger partial charge is 0.247 e. The van der Waals surface area contributed by atoms with Gasteiger partial charge in [0.15, 0.2) is 11.5 Å². The van der Waals surface area contributed by atoms with Crippen LogP contribution in [0.15, 0.2) is 18.2 Å². The number of carbonyl (C=O) groups excluding carboxylic acids is 2. The maximum atomic E-state index is 12.5. The van der Waals surface area contributed by atoms with Crippen molar-refractivity contribution < 1.29 is 19.1 Å². The topological polar surface area (TPSA) is 67.9 Å². The molecule has 2 amide bonds. The molecule has 0 saturated carbocycles. The average Bonchev–Trinajstić information content (AvgIpc) is 3.05. The lowest BCUT2D eigenvalue weighted by molar-refractivity contribution is -0.136. The summed E-state index contributed by atoms with van der Waals surface area (Å²) in [5.41, 5.74) is 0.661. The standard InChI is InChI=1S/C17H22N2O4/c1-2-4-16(20)19-8-3-5-13(19)17(21)18-12-6-7-14-15(11-12)23-10-9-22-14/h6-7,11,13H,2-5,8-10H2,1H3,(H,18,21)/t13-/m1/s1. The van der Waals surface area contributed by atoms with Gasteiger partial charge < -0.3 is 19.7 Å². The van der Waals surface area contributed by atoms with Crippen LogP contribution in [0.1, 0.15) is 32.6 Å². The number of rotatable bonds is 4. The first-order chi connectivity index (χ1) is 11.2. The van der Waals surface area contributed by atoms with Gasteiger partial charge in [0.05, 0.1) is 0 Å². The van der Waals surface area contributed by atoms with Crippen molar-refractivity contribution in [2.24, 2.45) is 0 Å². The second-order valence-corrected chi connectivity index (χ2v) is 5.84. The van der Waals surface area contributed by atoms with Crippen molar-refractivity contribution in [1.29, 1.82) is 0 Å².